The van der Waals surface area contributed by atoms with Crippen molar-refractivity contribution in [2.24, 2.45) is 0 Å². The second-order valence-electron chi connectivity index (χ2n) is 7.05. The zero-order valence-corrected chi connectivity index (χ0v) is 15.4. The molecule has 2 aliphatic rings. The lowest BCUT2D eigenvalue weighted by atomic mass is 9.74. The molecule has 2 fully saturated rings. The molecule has 0 saturated heterocycles. The molecule has 128 valence electrons. The summed E-state index contributed by atoms with van der Waals surface area (Å²) in [6.07, 6.45) is 6.01. The summed E-state index contributed by atoms with van der Waals surface area (Å²) in [5.74, 6) is 0.714. The lowest BCUT2D eigenvalue weighted by Gasteiger charge is -2.49. The Morgan fingerprint density at radius 2 is 1.78 bits per heavy atom. The summed E-state index contributed by atoms with van der Waals surface area (Å²) in [5, 5.41) is 0. The number of hydrogen-bond donors (Lipinski definition) is 0. The summed E-state index contributed by atoms with van der Waals surface area (Å²) in [7, 11) is -1.87. The fraction of sp³-hybridized carbons (Fsp3) is 0.667. The third kappa shape index (κ3) is 2.68. The molecule has 0 spiro atoms. The highest BCUT2D eigenvalue weighted by atomic mass is 32.2. The first kappa shape index (κ1) is 16.8. The van der Waals surface area contributed by atoms with Gasteiger partial charge in [-0.15, -0.1) is 0 Å². The Kier molecular flexibility index (Phi) is 4.21. The van der Waals surface area contributed by atoms with Crippen LogP contribution in [-0.2, 0) is 10.0 Å². The van der Waals surface area contributed by atoms with Gasteiger partial charge in [-0.2, -0.15) is 4.31 Å². The van der Waals surface area contributed by atoms with Gasteiger partial charge in [0.05, 0.1) is 12.0 Å². The molecule has 1 aromatic carbocycles. The van der Waals surface area contributed by atoms with Gasteiger partial charge in [0, 0.05) is 11.6 Å². The molecule has 0 unspecified atom stereocenters. The molecule has 0 atom stereocenters. The minimum Gasteiger partial charge on any atom is -0.497 e. The van der Waals surface area contributed by atoms with E-state index in [0.717, 1.165) is 49.7 Å². The van der Waals surface area contributed by atoms with Gasteiger partial charge in [0.25, 0.3) is 0 Å². The minimum absolute atomic E-state index is 0.154. The molecule has 0 bridgehead atoms. The van der Waals surface area contributed by atoms with Crippen molar-refractivity contribution >= 4 is 10.0 Å². The molecule has 3 rings (SSSR count). The summed E-state index contributed by atoms with van der Waals surface area (Å²) in [5.41, 5.74) is 1.40. The number of aryl methyl sites for hydroxylation is 2. The van der Waals surface area contributed by atoms with Crippen molar-refractivity contribution in [1.29, 1.82) is 0 Å². The number of nitrogens with zero attached hydrogens (tertiary/aromatic N) is 1. The van der Waals surface area contributed by atoms with Gasteiger partial charge >= 0.3 is 0 Å². The maximum atomic E-state index is 13.5. The van der Waals surface area contributed by atoms with Crippen LogP contribution in [0.4, 0.5) is 0 Å². The largest absolute Gasteiger partial charge is 0.497 e. The van der Waals surface area contributed by atoms with Gasteiger partial charge in [0.1, 0.15) is 5.75 Å². The van der Waals surface area contributed by atoms with E-state index in [-0.39, 0.29) is 11.6 Å². The van der Waals surface area contributed by atoms with Crippen LogP contribution in [0.1, 0.15) is 56.6 Å². The summed E-state index contributed by atoms with van der Waals surface area (Å²) >= 11 is 0. The SMILES string of the molecule is CCC1(N(C2CC2)S(=O)(=O)c2c(C)cc(OC)cc2C)CCC1. The Labute approximate surface area is 139 Å². The van der Waals surface area contributed by atoms with E-state index >= 15 is 0 Å². The molecule has 0 amide bonds. The predicted octanol–water partition coefficient (Wildman–Crippen LogP) is 3.80. The van der Waals surface area contributed by atoms with Gasteiger partial charge in [-0.1, -0.05) is 6.92 Å². The van der Waals surface area contributed by atoms with E-state index in [1.54, 1.807) is 7.11 Å². The van der Waals surface area contributed by atoms with E-state index in [2.05, 4.69) is 6.92 Å². The minimum atomic E-state index is -3.48. The number of benzene rings is 1. The standard InChI is InChI=1S/C18H27NO3S/c1-5-18(9-6-10-18)19(15-7-8-15)23(20,21)17-13(2)11-16(22-4)12-14(17)3/h11-12,15H,5-10H2,1-4H3. The lowest BCUT2D eigenvalue weighted by molar-refractivity contribution is 0.0769. The first-order valence-electron chi connectivity index (χ1n) is 8.55. The zero-order valence-electron chi connectivity index (χ0n) is 14.6. The Hall–Kier alpha value is -1.07. The van der Waals surface area contributed by atoms with Gasteiger partial charge in [0.15, 0.2) is 0 Å². The average Bonchev–Trinajstić information content (AvgIpc) is 3.25. The van der Waals surface area contributed by atoms with Crippen molar-refractivity contribution in [3.8, 4) is 5.75 Å². The average molecular weight is 337 g/mol. The van der Waals surface area contributed by atoms with Crippen LogP contribution in [0.25, 0.3) is 0 Å². The van der Waals surface area contributed by atoms with Crippen molar-refractivity contribution in [1.82, 2.24) is 4.31 Å². The summed E-state index contributed by atoms with van der Waals surface area (Å²) in [4.78, 5) is 0.477. The van der Waals surface area contributed by atoms with E-state index < -0.39 is 10.0 Å². The van der Waals surface area contributed by atoms with Crippen LogP contribution < -0.4 is 4.74 Å². The quantitative estimate of drug-likeness (QED) is 0.793. The Balaban J connectivity index is 2.10. The highest BCUT2D eigenvalue weighted by Gasteiger charge is 2.53. The van der Waals surface area contributed by atoms with Crippen LogP contribution >= 0.6 is 0 Å². The smallest absolute Gasteiger partial charge is 0.244 e. The Morgan fingerprint density at radius 3 is 2.13 bits per heavy atom. The van der Waals surface area contributed by atoms with Crippen LogP contribution in [0.15, 0.2) is 17.0 Å². The third-order valence-electron chi connectivity index (χ3n) is 5.47. The second kappa shape index (κ2) is 5.78. The number of rotatable bonds is 6. The molecule has 0 N–H and O–H groups in total. The van der Waals surface area contributed by atoms with Crippen LogP contribution in [-0.4, -0.2) is 31.4 Å². The topological polar surface area (TPSA) is 46.6 Å². The van der Waals surface area contributed by atoms with E-state index in [9.17, 15) is 8.42 Å². The predicted molar refractivity (Wildman–Crippen MR) is 91.4 cm³/mol. The number of sulfonamides is 1. The Bertz CT molecular complexity index is 674. The van der Waals surface area contributed by atoms with E-state index in [4.69, 9.17) is 4.74 Å². The van der Waals surface area contributed by atoms with Crippen LogP contribution in [0.5, 0.6) is 5.75 Å². The van der Waals surface area contributed by atoms with Gasteiger partial charge in [0.2, 0.25) is 10.0 Å². The number of methoxy groups -OCH3 is 1. The molecular formula is C18H27NO3S. The highest BCUT2D eigenvalue weighted by molar-refractivity contribution is 7.89. The summed E-state index contributed by atoms with van der Waals surface area (Å²) in [6.45, 7) is 5.86. The molecule has 0 radical (unpaired) electrons. The monoisotopic (exact) mass is 337 g/mol. The molecule has 0 aromatic heterocycles. The van der Waals surface area contributed by atoms with Crippen LogP contribution in [0.3, 0.4) is 0 Å². The molecule has 23 heavy (non-hydrogen) atoms. The van der Waals surface area contributed by atoms with Crippen molar-refractivity contribution in [3.05, 3.63) is 23.3 Å². The summed E-state index contributed by atoms with van der Waals surface area (Å²) in [6, 6.07) is 3.84. The van der Waals surface area contributed by atoms with Gasteiger partial charge in [-0.3, -0.25) is 0 Å². The second-order valence-corrected chi connectivity index (χ2v) is 8.81. The van der Waals surface area contributed by atoms with Gasteiger partial charge in [-0.05, 0) is 75.6 Å². The zero-order chi connectivity index (χ0) is 16.8. The fourth-order valence-electron chi connectivity index (χ4n) is 4.00. The molecule has 4 nitrogen and oxygen atoms in total. The van der Waals surface area contributed by atoms with E-state index in [0.29, 0.717) is 10.6 Å². The maximum Gasteiger partial charge on any atom is 0.244 e. The van der Waals surface area contributed by atoms with E-state index in [1.165, 1.54) is 0 Å². The van der Waals surface area contributed by atoms with Gasteiger partial charge in [-0.25, -0.2) is 8.42 Å². The van der Waals surface area contributed by atoms with E-state index in [1.807, 2.05) is 30.3 Å². The highest BCUT2D eigenvalue weighted by Crippen LogP contribution is 2.49. The molecule has 0 heterocycles. The Morgan fingerprint density at radius 1 is 1.22 bits per heavy atom. The van der Waals surface area contributed by atoms with Crippen molar-refractivity contribution in [2.45, 2.75) is 75.8 Å². The molecular weight excluding hydrogens is 310 g/mol. The lowest BCUT2D eigenvalue weighted by Crippen LogP contribution is -2.56. The first-order chi connectivity index (χ1) is 10.9. The van der Waals surface area contributed by atoms with Crippen LogP contribution in [0, 0.1) is 13.8 Å². The maximum absolute atomic E-state index is 13.5. The summed E-state index contributed by atoms with van der Waals surface area (Å²) < 4.78 is 34.2. The number of hydrogen-bond acceptors (Lipinski definition) is 3. The van der Waals surface area contributed by atoms with Crippen molar-refractivity contribution < 1.29 is 13.2 Å². The third-order valence-corrected chi connectivity index (χ3v) is 7.84. The molecule has 2 saturated carbocycles. The fourth-order valence-corrected chi connectivity index (χ4v) is 6.55. The van der Waals surface area contributed by atoms with Crippen molar-refractivity contribution in [3.63, 3.8) is 0 Å². The number of ether oxygens (including phenoxy) is 1. The molecule has 5 heteroatoms. The van der Waals surface area contributed by atoms with Crippen LogP contribution in [0.2, 0.25) is 0 Å². The molecule has 1 aromatic rings. The first-order valence-corrected chi connectivity index (χ1v) is 9.99. The van der Waals surface area contributed by atoms with Crippen molar-refractivity contribution in [2.75, 3.05) is 7.11 Å². The molecule has 2 aliphatic carbocycles. The molecule has 0 aliphatic heterocycles. The van der Waals surface area contributed by atoms with Gasteiger partial charge < -0.3 is 4.74 Å². The normalized spacial score (nSPS) is 20.4.